The second-order valence-electron chi connectivity index (χ2n) is 7.33. The molecular formula is C19H34O11. The highest BCUT2D eigenvalue weighted by molar-refractivity contribution is 5.04. The van der Waals surface area contributed by atoms with Crippen LogP contribution in [0.5, 0.6) is 0 Å². The SMILES string of the molecule is COC[C@@H](OC)[C@@]12OC[C@H]3O[C@H](OC)[C@H](OC)[C@@H](OC)[C@@H]3O[C@@H](O1)[C@@H](OC)[C@H]2OC. The molecule has 10 atom stereocenters. The molecule has 0 spiro atoms. The fourth-order valence-corrected chi connectivity index (χ4v) is 4.54. The number of rotatable bonds is 9. The van der Waals surface area contributed by atoms with Gasteiger partial charge in [0.1, 0.15) is 42.7 Å². The maximum absolute atomic E-state index is 6.36. The Hall–Kier alpha value is -0.440. The van der Waals surface area contributed by atoms with Crippen LogP contribution in [0.2, 0.25) is 0 Å². The van der Waals surface area contributed by atoms with Crippen LogP contribution in [0, 0.1) is 0 Å². The lowest BCUT2D eigenvalue weighted by Gasteiger charge is -2.47. The number of ether oxygens (including phenoxy) is 11. The molecular weight excluding hydrogens is 404 g/mol. The van der Waals surface area contributed by atoms with Crippen LogP contribution in [0.3, 0.4) is 0 Å². The molecule has 0 aromatic heterocycles. The van der Waals surface area contributed by atoms with Gasteiger partial charge in [0.05, 0.1) is 13.2 Å². The quantitative estimate of drug-likeness (QED) is 0.468. The number of fused-ring (bicyclic) bond motifs is 3. The molecule has 0 aromatic rings. The fourth-order valence-electron chi connectivity index (χ4n) is 4.54. The summed E-state index contributed by atoms with van der Waals surface area (Å²) in [6, 6.07) is 0. The fraction of sp³-hybridized carbons (Fsp3) is 1.00. The summed E-state index contributed by atoms with van der Waals surface area (Å²) in [5.74, 6) is -1.33. The van der Waals surface area contributed by atoms with Crippen LogP contribution in [0.15, 0.2) is 0 Å². The molecule has 0 aromatic carbocycles. The Morgan fingerprint density at radius 1 is 0.833 bits per heavy atom. The highest BCUT2D eigenvalue weighted by Gasteiger charge is 2.65. The molecule has 3 aliphatic heterocycles. The van der Waals surface area contributed by atoms with Gasteiger partial charge in [-0.15, -0.1) is 0 Å². The minimum atomic E-state index is -1.33. The van der Waals surface area contributed by atoms with Crippen molar-refractivity contribution < 1.29 is 52.1 Å². The monoisotopic (exact) mass is 438 g/mol. The van der Waals surface area contributed by atoms with Crippen molar-refractivity contribution in [1.82, 2.24) is 0 Å². The van der Waals surface area contributed by atoms with Gasteiger partial charge in [-0.05, 0) is 0 Å². The van der Waals surface area contributed by atoms with Crippen LogP contribution in [0.4, 0.5) is 0 Å². The van der Waals surface area contributed by atoms with E-state index in [1.807, 2.05) is 0 Å². The highest BCUT2D eigenvalue weighted by atomic mass is 16.8. The second kappa shape index (κ2) is 10.5. The number of methoxy groups -OCH3 is 7. The molecule has 3 saturated heterocycles. The molecule has 3 rings (SSSR count). The first-order chi connectivity index (χ1) is 14.5. The van der Waals surface area contributed by atoms with Gasteiger partial charge in [0.15, 0.2) is 12.6 Å². The van der Waals surface area contributed by atoms with E-state index in [1.165, 1.54) is 0 Å². The summed E-state index contributed by atoms with van der Waals surface area (Å²) >= 11 is 0. The average molecular weight is 438 g/mol. The van der Waals surface area contributed by atoms with Crippen molar-refractivity contribution in [3.8, 4) is 0 Å². The van der Waals surface area contributed by atoms with Crippen molar-refractivity contribution in [3.63, 3.8) is 0 Å². The molecule has 30 heavy (non-hydrogen) atoms. The first-order valence-electron chi connectivity index (χ1n) is 9.83. The Kier molecular flexibility index (Phi) is 8.43. The third-order valence-electron chi connectivity index (χ3n) is 5.97. The zero-order chi connectivity index (χ0) is 21.9. The molecule has 0 unspecified atom stereocenters. The third kappa shape index (κ3) is 4.02. The summed E-state index contributed by atoms with van der Waals surface area (Å²) in [5.41, 5.74) is 0. The average Bonchev–Trinajstić information content (AvgIpc) is 3.09. The molecule has 11 nitrogen and oxygen atoms in total. The van der Waals surface area contributed by atoms with E-state index < -0.39 is 61.1 Å². The van der Waals surface area contributed by atoms with E-state index in [2.05, 4.69) is 0 Å². The van der Waals surface area contributed by atoms with Gasteiger partial charge in [0.25, 0.3) is 0 Å². The maximum Gasteiger partial charge on any atom is 0.229 e. The van der Waals surface area contributed by atoms with Gasteiger partial charge in [-0.1, -0.05) is 0 Å². The summed E-state index contributed by atoms with van der Waals surface area (Å²) in [5, 5.41) is 0. The summed E-state index contributed by atoms with van der Waals surface area (Å²) in [6.45, 7) is 0.315. The van der Waals surface area contributed by atoms with E-state index in [4.69, 9.17) is 52.1 Å². The third-order valence-corrected chi connectivity index (χ3v) is 5.97. The van der Waals surface area contributed by atoms with E-state index in [0.29, 0.717) is 0 Å². The lowest BCUT2D eigenvalue weighted by Crippen LogP contribution is -2.64. The zero-order valence-corrected chi connectivity index (χ0v) is 18.6. The lowest BCUT2D eigenvalue weighted by atomic mass is 9.98. The minimum absolute atomic E-state index is 0.105. The van der Waals surface area contributed by atoms with Crippen molar-refractivity contribution in [2.24, 2.45) is 0 Å². The van der Waals surface area contributed by atoms with Crippen LogP contribution in [-0.4, -0.2) is 124 Å². The minimum Gasteiger partial charge on any atom is -0.382 e. The topological polar surface area (TPSA) is 102 Å². The van der Waals surface area contributed by atoms with Crippen molar-refractivity contribution in [2.45, 2.75) is 61.1 Å². The molecule has 3 heterocycles. The van der Waals surface area contributed by atoms with E-state index in [0.717, 1.165) is 0 Å². The van der Waals surface area contributed by atoms with E-state index in [1.54, 1.807) is 49.8 Å². The van der Waals surface area contributed by atoms with Crippen LogP contribution in [0.1, 0.15) is 0 Å². The first kappa shape index (κ1) is 24.2. The molecule has 0 amide bonds. The van der Waals surface area contributed by atoms with Gasteiger partial charge in [-0.2, -0.15) is 0 Å². The summed E-state index contributed by atoms with van der Waals surface area (Å²) < 4.78 is 64.3. The normalized spacial score (nSPS) is 44.9. The predicted molar refractivity (Wildman–Crippen MR) is 100.0 cm³/mol. The van der Waals surface area contributed by atoms with Gasteiger partial charge in [0, 0.05) is 49.8 Å². The van der Waals surface area contributed by atoms with Gasteiger partial charge >= 0.3 is 0 Å². The van der Waals surface area contributed by atoms with Crippen molar-refractivity contribution in [1.29, 1.82) is 0 Å². The van der Waals surface area contributed by atoms with Crippen LogP contribution in [-0.2, 0) is 52.1 Å². The second-order valence-corrected chi connectivity index (χ2v) is 7.33. The van der Waals surface area contributed by atoms with Gasteiger partial charge in [-0.3, -0.25) is 0 Å². The van der Waals surface area contributed by atoms with Crippen molar-refractivity contribution in [2.75, 3.05) is 63.0 Å². The smallest absolute Gasteiger partial charge is 0.229 e. The molecule has 3 aliphatic rings. The van der Waals surface area contributed by atoms with Gasteiger partial charge in [0.2, 0.25) is 5.79 Å². The lowest BCUT2D eigenvalue weighted by molar-refractivity contribution is -0.394. The predicted octanol–water partition coefficient (Wildman–Crippen LogP) is -0.453. The number of hydrogen-bond acceptors (Lipinski definition) is 11. The largest absolute Gasteiger partial charge is 0.382 e. The highest BCUT2D eigenvalue weighted by Crippen LogP contribution is 2.44. The van der Waals surface area contributed by atoms with Crippen LogP contribution in [0.25, 0.3) is 0 Å². The Bertz CT molecular complexity index is 537. The summed E-state index contributed by atoms with van der Waals surface area (Å²) in [6.07, 6.45) is -5.43. The van der Waals surface area contributed by atoms with Crippen LogP contribution >= 0.6 is 0 Å². The summed E-state index contributed by atoms with van der Waals surface area (Å²) in [7, 11) is 10.9. The van der Waals surface area contributed by atoms with E-state index >= 15 is 0 Å². The molecule has 2 bridgehead atoms. The van der Waals surface area contributed by atoms with Crippen LogP contribution < -0.4 is 0 Å². The maximum atomic E-state index is 6.36. The van der Waals surface area contributed by atoms with Crippen molar-refractivity contribution in [3.05, 3.63) is 0 Å². The Morgan fingerprint density at radius 2 is 1.53 bits per heavy atom. The standard InChI is InChI=1S/C19H34O11/c1-20-9-11(21-2)19-16(25-6)15(24-5)18(30-19)29-12-10(8-27-19)28-17(26-7)14(23-4)13(12)22-3/h10-18H,8-9H2,1-7H3/t10-,11-,12-,13+,14-,15+,16-,17+,18+,19-/m1/s1. The Balaban J connectivity index is 1.97. The summed E-state index contributed by atoms with van der Waals surface area (Å²) in [4.78, 5) is 0. The molecule has 0 aliphatic carbocycles. The molecule has 11 heteroatoms. The zero-order valence-electron chi connectivity index (χ0n) is 18.6. The number of hydrogen-bond donors (Lipinski definition) is 0. The molecule has 0 radical (unpaired) electrons. The van der Waals surface area contributed by atoms with E-state index in [-0.39, 0.29) is 13.2 Å². The molecule has 3 fully saturated rings. The Morgan fingerprint density at radius 3 is 2.07 bits per heavy atom. The first-order valence-corrected chi connectivity index (χ1v) is 9.83. The molecule has 0 saturated carbocycles. The van der Waals surface area contributed by atoms with Gasteiger partial charge < -0.3 is 52.1 Å². The molecule has 0 N–H and O–H groups in total. The Labute approximate surface area is 177 Å². The van der Waals surface area contributed by atoms with Crippen molar-refractivity contribution >= 4 is 0 Å². The van der Waals surface area contributed by atoms with E-state index in [9.17, 15) is 0 Å². The molecule has 176 valence electrons. The van der Waals surface area contributed by atoms with Gasteiger partial charge in [-0.25, -0.2) is 0 Å².